The lowest BCUT2D eigenvalue weighted by Crippen LogP contribution is -2.52. The highest BCUT2D eigenvalue weighted by atomic mass is 16.1. The second-order valence-electron chi connectivity index (χ2n) is 3.63. The summed E-state index contributed by atoms with van der Waals surface area (Å²) in [6, 6.07) is 0.274. The fraction of sp³-hybridized carbons (Fsp3) is 0.333. The first-order valence-electron chi connectivity index (χ1n) is 4.89. The first-order valence-corrected chi connectivity index (χ1v) is 4.89. The van der Waals surface area contributed by atoms with Gasteiger partial charge in [0.05, 0.1) is 6.33 Å². The predicted molar refractivity (Wildman–Crippen MR) is 59.1 cm³/mol. The number of rotatable bonds is 2. The second-order valence-corrected chi connectivity index (χ2v) is 3.63. The lowest BCUT2D eigenvalue weighted by molar-refractivity contribution is 0.0996. The minimum absolute atomic E-state index is 0.208. The van der Waals surface area contributed by atoms with Crippen molar-refractivity contribution >= 4 is 11.7 Å². The van der Waals surface area contributed by atoms with E-state index < -0.39 is 5.91 Å². The van der Waals surface area contributed by atoms with Crippen LogP contribution in [0.3, 0.4) is 0 Å². The molecule has 0 spiro atoms. The Balaban J connectivity index is 2.28. The van der Waals surface area contributed by atoms with E-state index in [1.54, 1.807) is 5.01 Å². The maximum absolute atomic E-state index is 11.1. The summed E-state index contributed by atoms with van der Waals surface area (Å²) < 4.78 is 0. The van der Waals surface area contributed by atoms with Gasteiger partial charge in [-0.2, -0.15) is 5.53 Å². The van der Waals surface area contributed by atoms with Crippen LogP contribution in [-0.2, 0) is 0 Å². The zero-order chi connectivity index (χ0) is 11.7. The van der Waals surface area contributed by atoms with Crippen molar-refractivity contribution in [2.75, 3.05) is 12.1 Å². The van der Waals surface area contributed by atoms with Crippen molar-refractivity contribution in [2.24, 2.45) is 5.73 Å². The number of H-pyrrole nitrogens is 1. The van der Waals surface area contributed by atoms with Crippen LogP contribution < -0.4 is 16.3 Å². The lowest BCUT2D eigenvalue weighted by Gasteiger charge is -2.34. The van der Waals surface area contributed by atoms with E-state index in [4.69, 9.17) is 5.73 Å². The SMILES string of the molecule is CC1C=CN(c2[nH]cnc2C(N)=O)NN1C. The highest BCUT2D eigenvalue weighted by molar-refractivity contribution is 5.95. The molecule has 0 saturated heterocycles. The molecule has 16 heavy (non-hydrogen) atoms. The first kappa shape index (κ1) is 10.7. The third-order valence-corrected chi connectivity index (χ3v) is 2.48. The number of nitrogens with two attached hydrogens (primary N) is 1. The van der Waals surface area contributed by atoms with Crippen LogP contribution in [-0.4, -0.2) is 34.0 Å². The Hall–Kier alpha value is -1.86. The Morgan fingerprint density at radius 2 is 2.38 bits per heavy atom. The molecular formula is C9H14N6O. The van der Waals surface area contributed by atoms with Crippen LogP contribution in [0.25, 0.3) is 0 Å². The number of hydrogen-bond acceptors (Lipinski definition) is 5. The fourth-order valence-corrected chi connectivity index (χ4v) is 1.41. The fourth-order valence-electron chi connectivity index (χ4n) is 1.41. The molecule has 2 rings (SSSR count). The number of primary amides is 1. The normalized spacial score (nSPS) is 21.4. The van der Waals surface area contributed by atoms with Gasteiger partial charge in [-0.05, 0) is 13.0 Å². The number of aromatic nitrogens is 2. The number of aromatic amines is 1. The van der Waals surface area contributed by atoms with E-state index in [-0.39, 0.29) is 11.7 Å². The molecule has 0 radical (unpaired) electrons. The minimum atomic E-state index is -0.562. The summed E-state index contributed by atoms with van der Waals surface area (Å²) >= 11 is 0. The first-order chi connectivity index (χ1) is 7.59. The Kier molecular flexibility index (Phi) is 2.63. The van der Waals surface area contributed by atoms with Gasteiger partial charge < -0.3 is 10.7 Å². The molecule has 4 N–H and O–H groups in total. The summed E-state index contributed by atoms with van der Waals surface area (Å²) in [7, 11) is 1.90. The van der Waals surface area contributed by atoms with Crippen molar-refractivity contribution in [3.8, 4) is 0 Å². The number of carbonyl (C=O) groups is 1. The highest BCUT2D eigenvalue weighted by Crippen LogP contribution is 2.16. The number of anilines is 1. The molecule has 0 bridgehead atoms. The smallest absolute Gasteiger partial charge is 0.271 e. The van der Waals surface area contributed by atoms with Gasteiger partial charge in [0.25, 0.3) is 5.91 Å². The Morgan fingerprint density at radius 1 is 1.62 bits per heavy atom. The molecule has 0 aromatic carbocycles. The van der Waals surface area contributed by atoms with Crippen LogP contribution in [0.4, 0.5) is 5.82 Å². The van der Waals surface area contributed by atoms with Gasteiger partial charge in [-0.25, -0.2) is 9.99 Å². The molecular weight excluding hydrogens is 208 g/mol. The second kappa shape index (κ2) is 3.95. The summed E-state index contributed by atoms with van der Waals surface area (Å²) in [5, 5.41) is 3.55. The monoisotopic (exact) mass is 222 g/mol. The van der Waals surface area contributed by atoms with Gasteiger partial charge in [-0.1, -0.05) is 0 Å². The quantitative estimate of drug-likeness (QED) is 0.632. The van der Waals surface area contributed by atoms with Gasteiger partial charge in [0.2, 0.25) is 0 Å². The largest absolute Gasteiger partial charge is 0.364 e. The lowest BCUT2D eigenvalue weighted by atomic mass is 10.3. The average molecular weight is 222 g/mol. The van der Waals surface area contributed by atoms with E-state index >= 15 is 0 Å². The Morgan fingerprint density at radius 3 is 3.00 bits per heavy atom. The van der Waals surface area contributed by atoms with Crippen molar-refractivity contribution in [1.82, 2.24) is 20.5 Å². The summed E-state index contributed by atoms with van der Waals surface area (Å²) in [5.74, 6) is -0.0322. The van der Waals surface area contributed by atoms with E-state index in [2.05, 4.69) is 15.5 Å². The molecule has 0 fully saturated rings. The number of imidazole rings is 1. The van der Waals surface area contributed by atoms with E-state index in [1.807, 2.05) is 31.3 Å². The molecule has 1 atom stereocenters. The molecule has 1 amide bonds. The number of carbonyl (C=O) groups excluding carboxylic acids is 1. The minimum Gasteiger partial charge on any atom is -0.364 e. The van der Waals surface area contributed by atoms with Crippen molar-refractivity contribution in [3.63, 3.8) is 0 Å². The predicted octanol–water partition coefficient (Wildman–Crippen LogP) is -0.418. The standard InChI is InChI=1S/C9H14N6O/c1-6-3-4-15(13-14(6)2)9-7(8(10)16)11-5-12-9/h3-6,13H,1-2H3,(H2,10,16)(H,11,12). The molecule has 1 aromatic heterocycles. The summed E-state index contributed by atoms with van der Waals surface area (Å²) in [4.78, 5) is 17.9. The van der Waals surface area contributed by atoms with Gasteiger partial charge in [0.15, 0.2) is 11.5 Å². The van der Waals surface area contributed by atoms with Gasteiger partial charge in [-0.15, -0.1) is 0 Å². The van der Waals surface area contributed by atoms with E-state index in [0.717, 1.165) is 0 Å². The van der Waals surface area contributed by atoms with Crippen molar-refractivity contribution in [3.05, 3.63) is 24.3 Å². The topological polar surface area (TPSA) is 90.3 Å². The van der Waals surface area contributed by atoms with Gasteiger partial charge in [0.1, 0.15) is 0 Å². The zero-order valence-corrected chi connectivity index (χ0v) is 9.14. The number of hydrogen-bond donors (Lipinski definition) is 3. The molecule has 0 aliphatic carbocycles. The van der Waals surface area contributed by atoms with Crippen LogP contribution in [0.2, 0.25) is 0 Å². The van der Waals surface area contributed by atoms with Gasteiger partial charge in [-0.3, -0.25) is 9.80 Å². The summed E-state index contributed by atoms with van der Waals surface area (Å²) in [6.07, 6.45) is 5.25. The molecule has 1 aliphatic heterocycles. The highest BCUT2D eigenvalue weighted by Gasteiger charge is 2.21. The molecule has 2 heterocycles. The number of nitrogens with zero attached hydrogens (tertiary/aromatic N) is 3. The molecule has 0 saturated carbocycles. The molecule has 86 valence electrons. The van der Waals surface area contributed by atoms with Crippen LogP contribution >= 0.6 is 0 Å². The maximum atomic E-state index is 11.1. The molecule has 1 aliphatic rings. The zero-order valence-electron chi connectivity index (χ0n) is 9.14. The third kappa shape index (κ3) is 1.77. The van der Waals surface area contributed by atoms with E-state index in [9.17, 15) is 4.79 Å². The van der Waals surface area contributed by atoms with Crippen LogP contribution in [0.1, 0.15) is 17.4 Å². The Labute approximate surface area is 92.9 Å². The van der Waals surface area contributed by atoms with Gasteiger partial charge in [0, 0.05) is 19.3 Å². The number of hydrazine groups is 2. The summed E-state index contributed by atoms with van der Waals surface area (Å²) in [6.45, 7) is 2.04. The number of likely N-dealkylation sites (N-methyl/N-ethyl adjacent to an activating group) is 1. The molecule has 1 unspecified atom stereocenters. The number of nitrogens with one attached hydrogen (secondary N) is 2. The van der Waals surface area contributed by atoms with Crippen molar-refractivity contribution < 1.29 is 4.79 Å². The van der Waals surface area contributed by atoms with E-state index in [0.29, 0.717) is 5.82 Å². The maximum Gasteiger partial charge on any atom is 0.271 e. The molecule has 1 aromatic rings. The third-order valence-electron chi connectivity index (χ3n) is 2.48. The summed E-state index contributed by atoms with van der Waals surface area (Å²) in [5.41, 5.74) is 8.49. The average Bonchev–Trinajstić information content (AvgIpc) is 2.71. The van der Waals surface area contributed by atoms with E-state index in [1.165, 1.54) is 6.33 Å². The van der Waals surface area contributed by atoms with Gasteiger partial charge >= 0.3 is 0 Å². The number of amides is 1. The Bertz CT molecular complexity index is 425. The molecule has 7 nitrogen and oxygen atoms in total. The van der Waals surface area contributed by atoms with Crippen LogP contribution in [0, 0.1) is 0 Å². The molecule has 7 heteroatoms. The van der Waals surface area contributed by atoms with Crippen molar-refractivity contribution in [1.29, 1.82) is 0 Å². The van der Waals surface area contributed by atoms with Crippen LogP contribution in [0.5, 0.6) is 0 Å². The van der Waals surface area contributed by atoms with Crippen LogP contribution in [0.15, 0.2) is 18.6 Å². The van der Waals surface area contributed by atoms with Crippen molar-refractivity contribution in [2.45, 2.75) is 13.0 Å².